The number of nitrogens with zero attached hydrogens (tertiary/aromatic N) is 1. The molecule has 6 heteroatoms. The minimum atomic E-state index is -0.441. The van der Waals surface area contributed by atoms with Gasteiger partial charge in [-0.3, -0.25) is 9.36 Å². The van der Waals surface area contributed by atoms with Gasteiger partial charge in [-0.2, -0.15) is 0 Å². The predicted octanol–water partition coefficient (Wildman–Crippen LogP) is 2.29. The Morgan fingerprint density at radius 1 is 1.00 bits per heavy atom. The third kappa shape index (κ3) is 2.28. The summed E-state index contributed by atoms with van der Waals surface area (Å²) in [6, 6.07) is 15.4. The Hall–Kier alpha value is -3.28. The van der Waals surface area contributed by atoms with Crippen molar-refractivity contribution in [2.45, 2.75) is 6.61 Å². The smallest absolute Gasteiger partial charge is 0.328 e. The van der Waals surface area contributed by atoms with E-state index < -0.39 is 5.69 Å². The quantitative estimate of drug-likeness (QED) is 0.607. The van der Waals surface area contributed by atoms with Gasteiger partial charge in [-0.1, -0.05) is 30.3 Å². The van der Waals surface area contributed by atoms with Crippen molar-refractivity contribution in [2.24, 2.45) is 7.05 Å². The average molecular weight is 321 g/mol. The van der Waals surface area contributed by atoms with Crippen LogP contribution in [0.25, 0.3) is 21.9 Å². The Morgan fingerprint density at radius 2 is 1.79 bits per heavy atom. The van der Waals surface area contributed by atoms with Crippen LogP contribution >= 0.6 is 0 Å². The van der Waals surface area contributed by atoms with Crippen LogP contribution in [-0.4, -0.2) is 14.5 Å². The molecule has 2 aromatic heterocycles. The molecule has 2 N–H and O–H groups in total. The Bertz CT molecular complexity index is 1150. The van der Waals surface area contributed by atoms with E-state index in [-0.39, 0.29) is 5.56 Å². The maximum Gasteiger partial charge on any atom is 0.328 e. The zero-order valence-corrected chi connectivity index (χ0v) is 13.0. The van der Waals surface area contributed by atoms with Crippen molar-refractivity contribution in [3.8, 4) is 5.75 Å². The van der Waals surface area contributed by atoms with Crippen molar-refractivity contribution in [1.82, 2.24) is 14.5 Å². The van der Waals surface area contributed by atoms with Crippen LogP contribution in [0.4, 0.5) is 0 Å². The van der Waals surface area contributed by atoms with Gasteiger partial charge >= 0.3 is 5.69 Å². The summed E-state index contributed by atoms with van der Waals surface area (Å²) in [5, 5.41) is 0.755. The molecule has 0 spiro atoms. The fourth-order valence-corrected chi connectivity index (χ4v) is 2.74. The van der Waals surface area contributed by atoms with Crippen LogP contribution < -0.4 is 16.0 Å². The Kier molecular flexibility index (Phi) is 3.23. The number of benzene rings is 2. The van der Waals surface area contributed by atoms with Gasteiger partial charge in [0.05, 0.1) is 5.52 Å². The number of aromatic amines is 2. The SMILES string of the molecule is Cn1c(=O)[nH]c2c([nH]c3ccc(OCc4ccccc4)cc32)c1=O. The zero-order valence-electron chi connectivity index (χ0n) is 13.0. The van der Waals surface area contributed by atoms with Crippen LogP contribution in [0, 0.1) is 0 Å². The highest BCUT2D eigenvalue weighted by molar-refractivity contribution is 6.04. The fourth-order valence-electron chi connectivity index (χ4n) is 2.74. The van der Waals surface area contributed by atoms with Gasteiger partial charge in [-0.25, -0.2) is 4.79 Å². The molecule has 24 heavy (non-hydrogen) atoms. The third-order valence-corrected chi connectivity index (χ3v) is 4.07. The number of H-pyrrole nitrogens is 2. The average Bonchev–Trinajstić information content (AvgIpc) is 2.97. The first-order valence-corrected chi connectivity index (χ1v) is 7.55. The van der Waals surface area contributed by atoms with Crippen molar-refractivity contribution < 1.29 is 4.74 Å². The molecule has 0 aliphatic rings. The van der Waals surface area contributed by atoms with Crippen molar-refractivity contribution in [2.75, 3.05) is 0 Å². The Morgan fingerprint density at radius 3 is 2.58 bits per heavy atom. The predicted molar refractivity (Wildman–Crippen MR) is 92.4 cm³/mol. The molecule has 2 heterocycles. The summed E-state index contributed by atoms with van der Waals surface area (Å²) in [6.45, 7) is 0.451. The second kappa shape index (κ2) is 5.42. The lowest BCUT2D eigenvalue weighted by molar-refractivity contribution is 0.306. The van der Waals surface area contributed by atoms with Crippen LogP contribution in [-0.2, 0) is 13.7 Å². The van der Waals surface area contributed by atoms with Crippen molar-refractivity contribution >= 4 is 21.9 Å². The number of hydrogen-bond acceptors (Lipinski definition) is 3. The third-order valence-electron chi connectivity index (χ3n) is 4.07. The number of ether oxygens (including phenoxy) is 1. The standard InChI is InChI=1S/C18H15N3O3/c1-21-17(22)16-15(20-18(21)23)13-9-12(7-8-14(13)19-16)24-10-11-5-3-2-4-6-11/h2-9,19H,10H2,1H3,(H,20,23). The van der Waals surface area contributed by atoms with E-state index in [1.54, 1.807) is 0 Å². The zero-order chi connectivity index (χ0) is 16.7. The molecule has 0 aliphatic heterocycles. The highest BCUT2D eigenvalue weighted by Crippen LogP contribution is 2.25. The molecule has 0 saturated carbocycles. The molecule has 4 aromatic rings. The summed E-state index contributed by atoms with van der Waals surface area (Å²) in [5.74, 6) is 0.675. The monoisotopic (exact) mass is 321 g/mol. The normalized spacial score (nSPS) is 11.2. The maximum atomic E-state index is 12.2. The number of aromatic nitrogens is 3. The Balaban J connectivity index is 1.78. The molecule has 120 valence electrons. The molecule has 0 atom stereocenters. The van der Waals surface area contributed by atoms with E-state index in [0.29, 0.717) is 23.4 Å². The summed E-state index contributed by atoms with van der Waals surface area (Å²) in [7, 11) is 1.44. The molecule has 2 aromatic carbocycles. The van der Waals surface area contributed by atoms with Gasteiger partial charge in [0.25, 0.3) is 5.56 Å². The van der Waals surface area contributed by atoms with Gasteiger partial charge < -0.3 is 14.7 Å². The molecule has 0 amide bonds. The van der Waals surface area contributed by atoms with E-state index >= 15 is 0 Å². The lowest BCUT2D eigenvalue weighted by Crippen LogP contribution is -2.32. The van der Waals surface area contributed by atoms with Crippen molar-refractivity contribution in [3.63, 3.8) is 0 Å². The number of hydrogen-bond donors (Lipinski definition) is 2. The van der Waals surface area contributed by atoms with E-state index in [0.717, 1.165) is 21.0 Å². The summed E-state index contributed by atoms with van der Waals surface area (Å²) < 4.78 is 6.86. The van der Waals surface area contributed by atoms with Crippen LogP contribution in [0.15, 0.2) is 58.1 Å². The summed E-state index contributed by atoms with van der Waals surface area (Å²) in [4.78, 5) is 29.8. The van der Waals surface area contributed by atoms with Gasteiger partial charge in [-0.15, -0.1) is 0 Å². The van der Waals surface area contributed by atoms with E-state index in [9.17, 15) is 9.59 Å². The second-order valence-electron chi connectivity index (χ2n) is 5.65. The Labute approximate surface area is 136 Å². The summed E-state index contributed by atoms with van der Waals surface area (Å²) in [6.07, 6.45) is 0. The first-order valence-electron chi connectivity index (χ1n) is 7.55. The second-order valence-corrected chi connectivity index (χ2v) is 5.65. The van der Waals surface area contributed by atoms with Crippen LogP contribution in [0.1, 0.15) is 5.56 Å². The van der Waals surface area contributed by atoms with Gasteiger partial charge in [-0.05, 0) is 23.8 Å². The van der Waals surface area contributed by atoms with E-state index in [2.05, 4.69) is 9.97 Å². The summed E-state index contributed by atoms with van der Waals surface area (Å²) >= 11 is 0. The van der Waals surface area contributed by atoms with Gasteiger partial charge in [0.2, 0.25) is 0 Å². The molecule has 0 saturated heterocycles. The molecule has 4 rings (SSSR count). The topological polar surface area (TPSA) is 79.9 Å². The van der Waals surface area contributed by atoms with Gasteiger partial charge in [0.1, 0.15) is 17.9 Å². The van der Waals surface area contributed by atoms with E-state index in [1.165, 1.54) is 7.05 Å². The first-order chi connectivity index (χ1) is 11.6. The van der Waals surface area contributed by atoms with Crippen LogP contribution in [0.5, 0.6) is 5.75 Å². The van der Waals surface area contributed by atoms with Gasteiger partial charge in [0, 0.05) is 18.0 Å². The molecular weight excluding hydrogens is 306 g/mol. The van der Waals surface area contributed by atoms with Crippen molar-refractivity contribution in [1.29, 1.82) is 0 Å². The lowest BCUT2D eigenvalue weighted by Gasteiger charge is -2.06. The molecule has 0 radical (unpaired) electrons. The van der Waals surface area contributed by atoms with E-state index in [1.807, 2.05) is 48.5 Å². The summed E-state index contributed by atoms with van der Waals surface area (Å²) in [5.41, 5.74) is 1.94. The maximum absolute atomic E-state index is 12.2. The van der Waals surface area contributed by atoms with E-state index in [4.69, 9.17) is 4.74 Å². The number of nitrogens with one attached hydrogen (secondary N) is 2. The first kappa shape index (κ1) is 14.3. The van der Waals surface area contributed by atoms with Gasteiger partial charge in [0.15, 0.2) is 0 Å². The minimum absolute atomic E-state index is 0.350. The molecule has 0 unspecified atom stereocenters. The fraction of sp³-hybridized carbons (Fsp3) is 0.111. The minimum Gasteiger partial charge on any atom is -0.489 e. The number of rotatable bonds is 3. The highest BCUT2D eigenvalue weighted by Gasteiger charge is 2.11. The van der Waals surface area contributed by atoms with Crippen molar-refractivity contribution in [3.05, 3.63) is 74.9 Å². The van der Waals surface area contributed by atoms with Crippen LogP contribution in [0.3, 0.4) is 0 Å². The highest BCUT2D eigenvalue weighted by atomic mass is 16.5. The molecule has 6 nitrogen and oxygen atoms in total. The molecule has 0 bridgehead atoms. The molecular formula is C18H15N3O3. The molecule has 0 aliphatic carbocycles. The van der Waals surface area contributed by atoms with Crippen LogP contribution in [0.2, 0.25) is 0 Å². The number of fused-ring (bicyclic) bond motifs is 3. The molecule has 0 fully saturated rings. The largest absolute Gasteiger partial charge is 0.489 e. The lowest BCUT2D eigenvalue weighted by atomic mass is 10.2.